The molecule has 12 heteroatoms. The summed E-state index contributed by atoms with van der Waals surface area (Å²) in [6.07, 6.45) is 1.81. The fourth-order valence-corrected chi connectivity index (χ4v) is 5.12. The number of aromatic nitrogens is 4. The number of nitrogens with zero attached hydrogens (tertiary/aromatic N) is 4. The van der Waals surface area contributed by atoms with E-state index in [1.807, 2.05) is 18.2 Å². The van der Waals surface area contributed by atoms with E-state index in [9.17, 15) is 4.39 Å². The van der Waals surface area contributed by atoms with Crippen LogP contribution in [0.1, 0.15) is 49.5 Å². The molecular weight excluding hydrogens is 489 g/mol. The molecule has 0 aliphatic carbocycles. The summed E-state index contributed by atoms with van der Waals surface area (Å²) in [4.78, 5) is 18.4. The van der Waals surface area contributed by atoms with E-state index >= 15 is 0 Å². The summed E-state index contributed by atoms with van der Waals surface area (Å²) >= 11 is 0. The van der Waals surface area contributed by atoms with Crippen molar-refractivity contribution in [2.45, 2.75) is 43.9 Å². The van der Waals surface area contributed by atoms with Crippen LogP contribution in [-0.4, -0.2) is 38.8 Å². The van der Waals surface area contributed by atoms with Crippen molar-refractivity contribution >= 4 is 17.6 Å². The van der Waals surface area contributed by atoms with Gasteiger partial charge in [-0.15, -0.1) is 10.6 Å². The van der Waals surface area contributed by atoms with Gasteiger partial charge >= 0.3 is 6.01 Å². The van der Waals surface area contributed by atoms with Crippen molar-refractivity contribution in [3.8, 4) is 11.3 Å². The largest absolute Gasteiger partial charge is 0.406 e. The normalized spacial score (nSPS) is 25.3. The molecule has 0 spiro atoms. The molecule has 4 atom stereocenters. The van der Waals surface area contributed by atoms with E-state index in [0.29, 0.717) is 24.7 Å². The maximum absolute atomic E-state index is 13.5. The number of hydrogen-bond acceptors (Lipinski definition) is 10. The van der Waals surface area contributed by atoms with E-state index in [0.717, 1.165) is 16.9 Å². The number of halogens is 1. The van der Waals surface area contributed by atoms with Gasteiger partial charge in [-0.1, -0.05) is 30.2 Å². The van der Waals surface area contributed by atoms with E-state index in [4.69, 9.17) is 20.0 Å². The molecular formula is C26H28FN9O2. The van der Waals surface area contributed by atoms with Gasteiger partial charge in [0.25, 0.3) is 0 Å². The van der Waals surface area contributed by atoms with Gasteiger partial charge in [0.1, 0.15) is 11.6 Å². The molecule has 196 valence electrons. The number of hydroxylamine groups is 1. The molecule has 0 amide bonds. The van der Waals surface area contributed by atoms with Gasteiger partial charge in [-0.25, -0.2) is 14.4 Å². The maximum atomic E-state index is 13.5. The van der Waals surface area contributed by atoms with Gasteiger partial charge in [-0.3, -0.25) is 5.32 Å². The summed E-state index contributed by atoms with van der Waals surface area (Å²) in [5.74, 6) is 1.29. The Hall–Kier alpha value is -4.29. The topological polar surface area (TPSA) is 151 Å². The number of nitrogens with one attached hydrogen (secondary N) is 4. The van der Waals surface area contributed by atoms with Crippen LogP contribution in [-0.2, 0) is 10.4 Å². The van der Waals surface area contributed by atoms with Gasteiger partial charge in [0.05, 0.1) is 17.9 Å². The zero-order valence-corrected chi connectivity index (χ0v) is 20.9. The molecule has 2 aliphatic rings. The summed E-state index contributed by atoms with van der Waals surface area (Å²) in [5.41, 5.74) is 11.6. The van der Waals surface area contributed by atoms with Crippen LogP contribution in [0.2, 0.25) is 0 Å². The molecule has 0 saturated heterocycles. The standard InChI is InChI=1S/C26H28FN9O2/c1-14-11-20(22-29-12-21(32-22)16-7-9-17(27)10-8-16)33-26(23-31-15(2)38-36-23,24-34-35-25(28)37-24)13-30-19-6-4-3-5-18(14)19/h3-10,12,14,20,23,30,33,36H,11,13H2,1-2H3,(H2,28,35)(H,29,32)/t14?,20-,23?,26?/m1/s1. The first kappa shape index (κ1) is 24.1. The smallest absolute Gasteiger partial charge is 0.312 e. The van der Waals surface area contributed by atoms with Crippen molar-refractivity contribution in [1.29, 1.82) is 0 Å². The van der Waals surface area contributed by atoms with Crippen molar-refractivity contribution in [1.82, 2.24) is 31.0 Å². The van der Waals surface area contributed by atoms with Crippen LogP contribution in [0.25, 0.3) is 11.3 Å². The molecule has 0 radical (unpaired) electrons. The average Bonchev–Trinajstić information content (AvgIpc) is 3.68. The van der Waals surface area contributed by atoms with Crippen LogP contribution in [0.3, 0.4) is 0 Å². The lowest BCUT2D eigenvalue weighted by Gasteiger charge is -2.37. The first-order chi connectivity index (χ1) is 18.4. The number of H-pyrrole nitrogens is 1. The molecule has 11 nitrogen and oxygen atoms in total. The van der Waals surface area contributed by atoms with Crippen molar-refractivity contribution in [3.63, 3.8) is 0 Å². The zero-order chi connectivity index (χ0) is 26.3. The molecule has 3 unspecified atom stereocenters. The summed E-state index contributed by atoms with van der Waals surface area (Å²) in [6.45, 7) is 4.26. The number of nitrogen functional groups attached to an aromatic ring is 1. The maximum Gasteiger partial charge on any atom is 0.312 e. The predicted molar refractivity (Wildman–Crippen MR) is 139 cm³/mol. The van der Waals surface area contributed by atoms with Crippen LogP contribution in [0, 0.1) is 5.82 Å². The molecule has 4 heterocycles. The Labute approximate surface area is 218 Å². The van der Waals surface area contributed by atoms with Gasteiger partial charge in [-0.05, 0) is 53.8 Å². The molecule has 2 aromatic carbocycles. The van der Waals surface area contributed by atoms with Gasteiger partial charge in [-0.2, -0.15) is 0 Å². The van der Waals surface area contributed by atoms with Crippen LogP contribution >= 0.6 is 0 Å². The van der Waals surface area contributed by atoms with Crippen LogP contribution in [0.15, 0.2) is 64.1 Å². The second-order valence-electron chi connectivity index (χ2n) is 9.65. The molecule has 6 N–H and O–H groups in total. The van der Waals surface area contributed by atoms with Crippen LogP contribution in [0.4, 0.5) is 16.1 Å². The van der Waals surface area contributed by atoms with E-state index in [2.05, 4.69) is 49.3 Å². The Morgan fingerprint density at radius 3 is 2.66 bits per heavy atom. The number of hydrogen-bond donors (Lipinski definition) is 5. The lowest BCUT2D eigenvalue weighted by Crippen LogP contribution is -2.60. The number of imidazole rings is 1. The minimum atomic E-state index is -1.08. The number of rotatable bonds is 4. The van der Waals surface area contributed by atoms with Gasteiger partial charge in [0.15, 0.2) is 11.7 Å². The van der Waals surface area contributed by atoms with Crippen LogP contribution < -0.4 is 21.8 Å². The zero-order valence-electron chi connectivity index (χ0n) is 20.9. The average molecular weight is 518 g/mol. The fraction of sp³-hybridized carbons (Fsp3) is 0.308. The number of benzene rings is 2. The molecule has 4 aromatic rings. The molecule has 0 fully saturated rings. The van der Waals surface area contributed by atoms with Gasteiger partial charge in [0, 0.05) is 19.2 Å². The van der Waals surface area contributed by atoms with E-state index in [1.54, 1.807) is 25.3 Å². The minimum Gasteiger partial charge on any atom is -0.406 e. The minimum absolute atomic E-state index is 0.0532. The molecule has 2 aromatic heterocycles. The SMILES string of the molecule is CC1=NC(C2(c3nnc(N)o3)CNc3ccccc3C(C)C[C@H](c3ncc(-c4ccc(F)cc4)[nH]3)N2)NO1. The van der Waals surface area contributed by atoms with Crippen molar-refractivity contribution < 1.29 is 13.6 Å². The monoisotopic (exact) mass is 517 g/mol. The Morgan fingerprint density at radius 2 is 1.92 bits per heavy atom. The Bertz CT molecular complexity index is 1470. The Kier molecular flexibility index (Phi) is 6.04. The molecule has 38 heavy (non-hydrogen) atoms. The second-order valence-corrected chi connectivity index (χ2v) is 9.65. The van der Waals surface area contributed by atoms with E-state index < -0.39 is 11.7 Å². The third kappa shape index (κ3) is 4.37. The molecule has 0 saturated carbocycles. The van der Waals surface area contributed by atoms with Gasteiger partial charge < -0.3 is 25.3 Å². The third-order valence-electron chi connectivity index (χ3n) is 7.07. The van der Waals surface area contributed by atoms with Gasteiger partial charge in [0.2, 0.25) is 11.8 Å². The number of aliphatic imine (C=N–C) groups is 1. The number of aromatic amines is 1. The highest BCUT2D eigenvalue weighted by atomic mass is 19.1. The summed E-state index contributed by atoms with van der Waals surface area (Å²) in [6, 6.07) is 14.1. The quantitative estimate of drug-likeness (QED) is 0.273. The number of anilines is 2. The molecule has 0 bridgehead atoms. The first-order valence-electron chi connectivity index (χ1n) is 12.4. The molecule has 2 aliphatic heterocycles. The van der Waals surface area contributed by atoms with E-state index in [1.165, 1.54) is 17.7 Å². The lowest BCUT2D eigenvalue weighted by atomic mass is 9.90. The first-order valence-corrected chi connectivity index (χ1v) is 12.4. The van der Waals surface area contributed by atoms with Crippen molar-refractivity contribution in [2.75, 3.05) is 17.6 Å². The Morgan fingerprint density at radius 1 is 1.11 bits per heavy atom. The van der Waals surface area contributed by atoms with Crippen LogP contribution in [0.5, 0.6) is 0 Å². The number of nitrogens with two attached hydrogens (primary N) is 1. The highest BCUT2D eigenvalue weighted by Crippen LogP contribution is 2.39. The predicted octanol–water partition coefficient (Wildman–Crippen LogP) is 3.61. The van der Waals surface area contributed by atoms with Crippen molar-refractivity contribution in [3.05, 3.63) is 77.8 Å². The summed E-state index contributed by atoms with van der Waals surface area (Å²) < 4.78 is 19.3. The summed E-state index contributed by atoms with van der Waals surface area (Å²) in [7, 11) is 0. The highest BCUT2D eigenvalue weighted by Gasteiger charge is 2.50. The van der Waals surface area contributed by atoms with Crippen molar-refractivity contribution in [2.24, 2.45) is 4.99 Å². The fourth-order valence-electron chi connectivity index (χ4n) is 5.12. The Balaban J connectivity index is 1.47. The number of para-hydroxylation sites is 1. The second kappa shape index (κ2) is 9.54. The number of fused-ring (bicyclic) bond motifs is 1. The summed E-state index contributed by atoms with van der Waals surface area (Å²) in [5, 5.41) is 15.5. The molecule has 6 rings (SSSR count). The lowest BCUT2D eigenvalue weighted by molar-refractivity contribution is 0.0950. The highest BCUT2D eigenvalue weighted by molar-refractivity contribution is 5.74. The third-order valence-corrected chi connectivity index (χ3v) is 7.07. The van der Waals surface area contributed by atoms with E-state index in [-0.39, 0.29) is 29.7 Å².